The van der Waals surface area contributed by atoms with Gasteiger partial charge in [0.05, 0.1) is 13.2 Å². The van der Waals surface area contributed by atoms with Crippen molar-refractivity contribution in [3.05, 3.63) is 0 Å². The highest BCUT2D eigenvalue weighted by molar-refractivity contribution is 6.35. The average Bonchev–Trinajstić information content (AvgIpc) is 2.76. The molecule has 0 aromatic rings. The average molecular weight is 444 g/mol. The molecule has 0 spiro atoms. The number of carbonyl (C=O) groups excluding carboxylic acids is 6. The normalized spacial score (nSPS) is 13.2. The van der Waals surface area contributed by atoms with Gasteiger partial charge in [0, 0.05) is 19.7 Å². The zero-order valence-corrected chi connectivity index (χ0v) is 18.3. The summed E-state index contributed by atoms with van der Waals surface area (Å²) < 4.78 is 9.67. The monoisotopic (exact) mass is 444 g/mol. The molecule has 0 aliphatic rings. The predicted octanol–water partition coefficient (Wildman–Crippen LogP) is -2.11. The zero-order chi connectivity index (χ0) is 23.8. The molecule has 12 nitrogen and oxygen atoms in total. The lowest BCUT2D eigenvalue weighted by atomic mass is 9.96. The van der Waals surface area contributed by atoms with Crippen LogP contribution >= 0.6 is 0 Å². The molecule has 0 saturated carbocycles. The fourth-order valence-corrected chi connectivity index (χ4v) is 2.11. The summed E-state index contributed by atoms with van der Waals surface area (Å²) in [4.78, 5) is 69.2. The predicted molar refractivity (Wildman–Crippen MR) is 108 cm³/mol. The van der Waals surface area contributed by atoms with Crippen molar-refractivity contribution in [1.29, 1.82) is 0 Å². The molecule has 0 aromatic heterocycles. The van der Waals surface area contributed by atoms with Gasteiger partial charge < -0.3 is 35.5 Å². The highest BCUT2D eigenvalue weighted by atomic mass is 16.5. The van der Waals surface area contributed by atoms with Crippen LogP contribution in [-0.2, 0) is 38.2 Å². The van der Waals surface area contributed by atoms with Gasteiger partial charge in [-0.3, -0.25) is 24.0 Å². The van der Waals surface area contributed by atoms with E-state index in [-0.39, 0.29) is 38.1 Å². The van der Waals surface area contributed by atoms with Gasteiger partial charge in [-0.25, -0.2) is 0 Å². The zero-order valence-electron chi connectivity index (χ0n) is 18.3. The Kier molecular flexibility index (Phi) is 14.2. The summed E-state index contributed by atoms with van der Waals surface area (Å²) in [6.07, 6.45) is 0.483. The topological polar surface area (TPSA) is 169 Å². The summed E-state index contributed by atoms with van der Waals surface area (Å²) in [5.74, 6) is -4.66. The van der Waals surface area contributed by atoms with Crippen LogP contribution in [0.5, 0.6) is 0 Å². The number of nitrogens with one attached hydrogen (secondary N) is 4. The minimum absolute atomic E-state index is 0.0283. The van der Waals surface area contributed by atoms with Crippen LogP contribution in [0.15, 0.2) is 0 Å². The third-order valence-electron chi connectivity index (χ3n) is 4.23. The molecule has 12 heteroatoms. The van der Waals surface area contributed by atoms with Crippen molar-refractivity contribution in [1.82, 2.24) is 21.3 Å². The number of amides is 4. The van der Waals surface area contributed by atoms with E-state index in [0.29, 0.717) is 12.9 Å². The summed E-state index contributed by atoms with van der Waals surface area (Å²) in [7, 11) is 0. The molecule has 0 heterocycles. The standard InChI is InChI=1S/C19H32N4O8/c1-5-30-11-14(10-24)23-19(29)18(28)21-8-13(4)12(3)7-20-16(26)17(27)22-9-15(25)31-6-2/h10,12-14H,5-9,11H2,1-4H3,(H,20,26)(H,21,28)(H,22,27)(H,23,29). The van der Waals surface area contributed by atoms with Crippen LogP contribution < -0.4 is 21.3 Å². The first-order valence-electron chi connectivity index (χ1n) is 9.99. The first-order chi connectivity index (χ1) is 14.7. The Labute approximate surface area is 181 Å². The molecule has 176 valence electrons. The van der Waals surface area contributed by atoms with E-state index < -0.39 is 42.2 Å². The lowest BCUT2D eigenvalue weighted by Gasteiger charge is -2.20. The van der Waals surface area contributed by atoms with Gasteiger partial charge in [0.15, 0.2) is 0 Å². The van der Waals surface area contributed by atoms with Crippen molar-refractivity contribution < 1.29 is 38.2 Å². The minimum Gasteiger partial charge on any atom is -0.465 e. The fraction of sp³-hybridized carbons (Fsp3) is 0.684. The summed E-state index contributed by atoms with van der Waals surface area (Å²) in [5.41, 5.74) is 0. The van der Waals surface area contributed by atoms with Crippen LogP contribution in [0, 0.1) is 11.8 Å². The lowest BCUT2D eigenvalue weighted by Crippen LogP contribution is -2.48. The van der Waals surface area contributed by atoms with Gasteiger partial charge in [-0.15, -0.1) is 0 Å². The van der Waals surface area contributed by atoms with Gasteiger partial charge in [-0.2, -0.15) is 0 Å². The quantitative estimate of drug-likeness (QED) is 0.142. The molecular formula is C19H32N4O8. The molecule has 31 heavy (non-hydrogen) atoms. The largest absolute Gasteiger partial charge is 0.465 e. The molecule has 4 N–H and O–H groups in total. The Morgan fingerprint density at radius 1 is 0.806 bits per heavy atom. The maximum atomic E-state index is 11.9. The Morgan fingerprint density at radius 2 is 1.32 bits per heavy atom. The molecule has 3 atom stereocenters. The molecule has 0 fully saturated rings. The van der Waals surface area contributed by atoms with Crippen molar-refractivity contribution in [2.24, 2.45) is 11.8 Å². The Morgan fingerprint density at radius 3 is 1.81 bits per heavy atom. The van der Waals surface area contributed by atoms with E-state index >= 15 is 0 Å². The van der Waals surface area contributed by atoms with Crippen LogP contribution in [0.25, 0.3) is 0 Å². The van der Waals surface area contributed by atoms with Crippen molar-refractivity contribution in [2.75, 3.05) is 39.5 Å². The molecule has 0 bridgehead atoms. The number of hydrogen-bond acceptors (Lipinski definition) is 8. The second kappa shape index (κ2) is 15.8. The summed E-state index contributed by atoms with van der Waals surface area (Å²) in [6.45, 7) is 7.30. The molecule has 3 unspecified atom stereocenters. The molecule has 0 aromatic carbocycles. The van der Waals surface area contributed by atoms with E-state index in [1.807, 2.05) is 0 Å². The van der Waals surface area contributed by atoms with Crippen LogP contribution in [-0.4, -0.2) is 81.4 Å². The fourth-order valence-electron chi connectivity index (χ4n) is 2.11. The number of aldehydes is 1. The SMILES string of the molecule is CCOCC(C=O)NC(=O)C(=O)NCC(C)C(C)CNC(=O)C(=O)NCC(=O)OCC. The summed E-state index contributed by atoms with van der Waals surface area (Å²) >= 11 is 0. The smallest absolute Gasteiger partial charge is 0.325 e. The third-order valence-corrected chi connectivity index (χ3v) is 4.23. The van der Waals surface area contributed by atoms with E-state index in [1.165, 1.54) is 0 Å². The van der Waals surface area contributed by atoms with E-state index in [1.54, 1.807) is 27.7 Å². The molecular weight excluding hydrogens is 412 g/mol. The molecule has 0 aliphatic heterocycles. The molecule has 0 saturated heterocycles. The highest BCUT2D eigenvalue weighted by Gasteiger charge is 2.21. The minimum atomic E-state index is -0.963. The van der Waals surface area contributed by atoms with Gasteiger partial charge in [0.25, 0.3) is 0 Å². The van der Waals surface area contributed by atoms with Gasteiger partial charge in [-0.05, 0) is 25.7 Å². The first-order valence-corrected chi connectivity index (χ1v) is 9.99. The maximum absolute atomic E-state index is 11.9. The van der Waals surface area contributed by atoms with Crippen molar-refractivity contribution >= 4 is 35.9 Å². The number of rotatable bonds is 13. The number of carbonyl (C=O) groups is 6. The molecule has 4 amide bonds. The summed E-state index contributed by atoms with van der Waals surface area (Å²) in [5, 5.41) is 9.29. The van der Waals surface area contributed by atoms with E-state index in [2.05, 4.69) is 26.0 Å². The van der Waals surface area contributed by atoms with Crippen LogP contribution in [0.2, 0.25) is 0 Å². The number of ether oxygens (including phenoxy) is 2. The van der Waals surface area contributed by atoms with E-state index in [9.17, 15) is 28.8 Å². The van der Waals surface area contributed by atoms with Crippen LogP contribution in [0.1, 0.15) is 27.7 Å². The molecule has 0 rings (SSSR count). The van der Waals surface area contributed by atoms with E-state index in [4.69, 9.17) is 4.74 Å². The highest BCUT2D eigenvalue weighted by Crippen LogP contribution is 2.08. The van der Waals surface area contributed by atoms with Gasteiger partial charge in [-0.1, -0.05) is 13.8 Å². The first kappa shape index (κ1) is 28.0. The van der Waals surface area contributed by atoms with Crippen LogP contribution in [0.3, 0.4) is 0 Å². The lowest BCUT2D eigenvalue weighted by molar-refractivity contribution is -0.145. The molecule has 0 aliphatic carbocycles. The van der Waals surface area contributed by atoms with Crippen molar-refractivity contribution in [3.8, 4) is 0 Å². The van der Waals surface area contributed by atoms with Crippen molar-refractivity contribution in [3.63, 3.8) is 0 Å². The van der Waals surface area contributed by atoms with Gasteiger partial charge >= 0.3 is 29.6 Å². The summed E-state index contributed by atoms with van der Waals surface area (Å²) in [6, 6.07) is -0.917. The van der Waals surface area contributed by atoms with E-state index in [0.717, 1.165) is 0 Å². The number of hydrogen-bond donors (Lipinski definition) is 4. The second-order valence-corrected chi connectivity index (χ2v) is 6.74. The Balaban J connectivity index is 4.28. The van der Waals surface area contributed by atoms with Crippen LogP contribution in [0.4, 0.5) is 0 Å². The number of esters is 1. The van der Waals surface area contributed by atoms with Gasteiger partial charge in [0.2, 0.25) is 0 Å². The van der Waals surface area contributed by atoms with Crippen molar-refractivity contribution in [2.45, 2.75) is 33.7 Å². The maximum Gasteiger partial charge on any atom is 0.325 e. The third kappa shape index (κ3) is 12.3. The van der Waals surface area contributed by atoms with Gasteiger partial charge in [0.1, 0.15) is 18.9 Å². The Hall–Kier alpha value is -3.02. The second-order valence-electron chi connectivity index (χ2n) is 6.74. The Bertz CT molecular complexity index is 640. The molecule has 0 radical (unpaired) electrons.